The zero-order valence-corrected chi connectivity index (χ0v) is 17.8. The van der Waals surface area contributed by atoms with E-state index in [-0.39, 0.29) is 12.1 Å². The van der Waals surface area contributed by atoms with Gasteiger partial charge in [-0.25, -0.2) is 0 Å². The van der Waals surface area contributed by atoms with E-state index in [1.807, 2.05) is 42.7 Å². The van der Waals surface area contributed by atoms with E-state index in [1.54, 1.807) is 0 Å². The second-order valence-corrected chi connectivity index (χ2v) is 8.01. The van der Waals surface area contributed by atoms with E-state index < -0.39 is 0 Å². The molecule has 31 heavy (non-hydrogen) atoms. The number of aromatic nitrogens is 3. The van der Waals surface area contributed by atoms with Crippen molar-refractivity contribution in [1.82, 2.24) is 24.8 Å². The lowest BCUT2D eigenvalue weighted by Crippen LogP contribution is -2.30. The topological polar surface area (TPSA) is 46.0 Å². The van der Waals surface area contributed by atoms with E-state index in [0.29, 0.717) is 6.54 Å². The standard InChI is InChI=1S/C25H23N5S/c31-25-28-23(21-12-5-7-15-27-21)24(30(25)17-19-9-2-1-3-10-19)22-13-8-16-29(22)18-20-11-4-6-14-26-20/h1-16,23-24H,17-18H2,(H,28,31)/t23-,24+/m1/s1. The summed E-state index contributed by atoms with van der Waals surface area (Å²) in [4.78, 5) is 11.4. The number of pyridine rings is 2. The first kappa shape index (κ1) is 19.5. The van der Waals surface area contributed by atoms with E-state index in [0.717, 1.165) is 23.0 Å². The number of thiocarbonyl (C=S) groups is 1. The first-order chi connectivity index (χ1) is 15.3. The minimum atomic E-state index is -0.0326. The average Bonchev–Trinajstić information content (AvgIpc) is 3.40. The Kier molecular flexibility index (Phi) is 5.46. The summed E-state index contributed by atoms with van der Waals surface area (Å²) in [5.74, 6) is 0. The van der Waals surface area contributed by atoms with Crippen LogP contribution in [0.25, 0.3) is 0 Å². The molecule has 5 nitrogen and oxygen atoms in total. The Balaban J connectivity index is 1.54. The third kappa shape index (κ3) is 4.07. The van der Waals surface area contributed by atoms with Crippen LogP contribution in [-0.2, 0) is 13.1 Å². The monoisotopic (exact) mass is 425 g/mol. The van der Waals surface area contributed by atoms with Gasteiger partial charge in [-0.3, -0.25) is 9.97 Å². The summed E-state index contributed by atoms with van der Waals surface area (Å²) >= 11 is 5.81. The van der Waals surface area contributed by atoms with Gasteiger partial charge in [0.15, 0.2) is 5.11 Å². The van der Waals surface area contributed by atoms with Gasteiger partial charge in [0.1, 0.15) is 0 Å². The Bertz CT molecular complexity index is 1140. The molecule has 0 amide bonds. The van der Waals surface area contributed by atoms with Crippen molar-refractivity contribution in [3.05, 3.63) is 120 Å². The molecule has 1 N–H and O–H groups in total. The van der Waals surface area contributed by atoms with Gasteiger partial charge in [-0.1, -0.05) is 42.5 Å². The fourth-order valence-electron chi connectivity index (χ4n) is 4.18. The molecule has 2 atom stereocenters. The van der Waals surface area contributed by atoms with Crippen LogP contribution in [0.3, 0.4) is 0 Å². The predicted molar refractivity (Wildman–Crippen MR) is 125 cm³/mol. The number of rotatable bonds is 6. The Morgan fingerprint density at radius 2 is 1.58 bits per heavy atom. The largest absolute Gasteiger partial charge is 0.352 e. The SMILES string of the molecule is S=C1N[C@H](c2ccccn2)[C@H](c2cccn2Cc2ccccn2)N1Cc1ccccc1. The van der Waals surface area contributed by atoms with Crippen molar-refractivity contribution in [2.45, 2.75) is 25.2 Å². The highest BCUT2D eigenvalue weighted by molar-refractivity contribution is 7.80. The molecule has 154 valence electrons. The van der Waals surface area contributed by atoms with E-state index >= 15 is 0 Å². The van der Waals surface area contributed by atoms with Crippen LogP contribution in [0.4, 0.5) is 0 Å². The van der Waals surface area contributed by atoms with Crippen LogP contribution in [0.5, 0.6) is 0 Å². The number of benzene rings is 1. The molecule has 1 saturated heterocycles. The van der Waals surface area contributed by atoms with Gasteiger partial charge in [0.05, 0.1) is 30.0 Å². The lowest BCUT2D eigenvalue weighted by molar-refractivity contribution is 0.298. The highest BCUT2D eigenvalue weighted by atomic mass is 32.1. The minimum Gasteiger partial charge on any atom is -0.352 e. The van der Waals surface area contributed by atoms with E-state index in [9.17, 15) is 0 Å². The van der Waals surface area contributed by atoms with Crippen LogP contribution in [-0.4, -0.2) is 24.5 Å². The van der Waals surface area contributed by atoms with Crippen LogP contribution >= 0.6 is 12.2 Å². The van der Waals surface area contributed by atoms with Gasteiger partial charge < -0.3 is 14.8 Å². The maximum Gasteiger partial charge on any atom is 0.170 e. The van der Waals surface area contributed by atoms with E-state index in [2.05, 4.69) is 79.5 Å². The average molecular weight is 426 g/mol. The zero-order chi connectivity index (χ0) is 21.0. The van der Waals surface area contributed by atoms with Crippen molar-refractivity contribution in [2.75, 3.05) is 0 Å². The summed E-state index contributed by atoms with van der Waals surface area (Å²) in [5.41, 5.74) is 4.42. The molecule has 3 aromatic heterocycles. The third-order valence-electron chi connectivity index (χ3n) is 5.62. The maximum atomic E-state index is 5.81. The Morgan fingerprint density at radius 3 is 2.32 bits per heavy atom. The normalized spacial score (nSPS) is 18.2. The number of hydrogen-bond acceptors (Lipinski definition) is 3. The van der Waals surface area contributed by atoms with Gasteiger partial charge in [0.25, 0.3) is 0 Å². The summed E-state index contributed by atoms with van der Waals surface area (Å²) < 4.78 is 2.26. The lowest BCUT2D eigenvalue weighted by Gasteiger charge is -2.29. The highest BCUT2D eigenvalue weighted by Gasteiger charge is 2.41. The second kappa shape index (κ2) is 8.70. The molecule has 0 spiro atoms. The minimum absolute atomic E-state index is 0.0151. The molecule has 1 aliphatic heterocycles. The molecule has 4 aromatic rings. The van der Waals surface area contributed by atoms with Crippen LogP contribution < -0.4 is 5.32 Å². The molecule has 4 heterocycles. The van der Waals surface area contributed by atoms with E-state index in [1.165, 1.54) is 11.3 Å². The lowest BCUT2D eigenvalue weighted by atomic mass is 10.0. The van der Waals surface area contributed by atoms with Crippen molar-refractivity contribution in [2.24, 2.45) is 0 Å². The first-order valence-corrected chi connectivity index (χ1v) is 10.8. The molecular weight excluding hydrogens is 402 g/mol. The smallest absolute Gasteiger partial charge is 0.170 e. The van der Waals surface area contributed by atoms with Gasteiger partial charge in [-0.2, -0.15) is 0 Å². The van der Waals surface area contributed by atoms with E-state index in [4.69, 9.17) is 12.2 Å². The zero-order valence-electron chi connectivity index (χ0n) is 17.0. The summed E-state index contributed by atoms with van der Waals surface area (Å²) in [5, 5.41) is 4.28. The molecule has 1 fully saturated rings. The number of nitrogens with one attached hydrogen (secondary N) is 1. The van der Waals surface area contributed by atoms with Crippen molar-refractivity contribution < 1.29 is 0 Å². The molecule has 6 heteroatoms. The van der Waals surface area contributed by atoms with Gasteiger partial charge in [-0.15, -0.1) is 0 Å². The Morgan fingerprint density at radius 1 is 0.806 bits per heavy atom. The molecule has 0 aliphatic carbocycles. The fraction of sp³-hybridized carbons (Fsp3) is 0.160. The van der Waals surface area contributed by atoms with Crippen LogP contribution in [0.1, 0.15) is 34.7 Å². The third-order valence-corrected chi connectivity index (χ3v) is 5.97. The molecule has 0 saturated carbocycles. The van der Waals surface area contributed by atoms with Gasteiger partial charge in [-0.05, 0) is 54.2 Å². The van der Waals surface area contributed by atoms with Crippen LogP contribution in [0.15, 0.2) is 97.5 Å². The Labute approximate surface area is 187 Å². The molecular formula is C25H23N5S. The molecule has 1 aliphatic rings. The van der Waals surface area contributed by atoms with Crippen LogP contribution in [0, 0.1) is 0 Å². The fourth-order valence-corrected chi connectivity index (χ4v) is 4.49. The van der Waals surface area contributed by atoms with Gasteiger partial charge >= 0.3 is 0 Å². The van der Waals surface area contributed by atoms with Crippen molar-refractivity contribution >= 4 is 17.3 Å². The number of nitrogens with zero attached hydrogens (tertiary/aromatic N) is 4. The summed E-state index contributed by atoms with van der Waals surface area (Å²) in [7, 11) is 0. The van der Waals surface area contributed by atoms with Crippen molar-refractivity contribution in [1.29, 1.82) is 0 Å². The Hall–Kier alpha value is -3.51. The second-order valence-electron chi connectivity index (χ2n) is 7.62. The molecule has 1 aromatic carbocycles. The maximum absolute atomic E-state index is 5.81. The first-order valence-electron chi connectivity index (χ1n) is 10.4. The van der Waals surface area contributed by atoms with Crippen LogP contribution in [0.2, 0.25) is 0 Å². The van der Waals surface area contributed by atoms with Gasteiger partial charge in [0, 0.05) is 30.8 Å². The molecule has 0 unspecified atom stereocenters. The highest BCUT2D eigenvalue weighted by Crippen LogP contribution is 2.39. The van der Waals surface area contributed by atoms with Crippen molar-refractivity contribution in [3.8, 4) is 0 Å². The quantitative estimate of drug-likeness (QED) is 0.461. The van der Waals surface area contributed by atoms with Gasteiger partial charge in [0.2, 0.25) is 0 Å². The summed E-state index contributed by atoms with van der Waals surface area (Å²) in [6, 6.07) is 26.8. The van der Waals surface area contributed by atoms with Crippen molar-refractivity contribution in [3.63, 3.8) is 0 Å². The summed E-state index contributed by atoms with van der Waals surface area (Å²) in [6.07, 6.45) is 5.79. The summed E-state index contributed by atoms with van der Waals surface area (Å²) in [6.45, 7) is 1.44. The molecule has 0 radical (unpaired) electrons. The number of hydrogen-bond donors (Lipinski definition) is 1. The predicted octanol–water partition coefficient (Wildman–Crippen LogP) is 4.50. The molecule has 0 bridgehead atoms. The molecule has 5 rings (SSSR count).